The van der Waals surface area contributed by atoms with E-state index in [0.29, 0.717) is 6.61 Å². The van der Waals surface area contributed by atoms with Crippen LogP contribution in [0.5, 0.6) is 0 Å². The molecule has 3 aromatic carbocycles. The molecular formula is C25H29BiO. The molecule has 140 valence electrons. The average molecular weight is 554 g/mol. The molecule has 0 bridgehead atoms. The van der Waals surface area contributed by atoms with Crippen LogP contribution in [-0.4, -0.2) is 28.9 Å². The Kier molecular flexibility index (Phi) is 7.22. The van der Waals surface area contributed by atoms with Gasteiger partial charge < -0.3 is 0 Å². The van der Waals surface area contributed by atoms with Gasteiger partial charge in [0.25, 0.3) is 0 Å². The second-order valence-electron chi connectivity index (χ2n) is 6.94. The Morgan fingerprint density at radius 3 is 1.70 bits per heavy atom. The van der Waals surface area contributed by atoms with Crippen LogP contribution in [0.2, 0.25) is 0 Å². The molecule has 0 aromatic heterocycles. The Labute approximate surface area is 172 Å². The van der Waals surface area contributed by atoms with E-state index in [1.165, 1.54) is 32.1 Å². The summed E-state index contributed by atoms with van der Waals surface area (Å²) >= 11 is -2.36. The first-order valence-electron chi connectivity index (χ1n) is 9.72. The van der Waals surface area contributed by atoms with Crippen LogP contribution >= 0.6 is 0 Å². The molecule has 0 unspecified atom stereocenters. The predicted molar refractivity (Wildman–Crippen MR) is 118 cm³/mol. The molecule has 0 aliphatic carbocycles. The Bertz CT molecular complexity index is 818. The fraction of sp³-hybridized carbons (Fsp3) is 0.280. The van der Waals surface area contributed by atoms with Gasteiger partial charge in [-0.25, -0.2) is 0 Å². The minimum absolute atomic E-state index is 0.683. The summed E-state index contributed by atoms with van der Waals surface area (Å²) < 4.78 is 10.2. The van der Waals surface area contributed by atoms with Crippen molar-refractivity contribution in [3.05, 3.63) is 89.0 Å². The van der Waals surface area contributed by atoms with Gasteiger partial charge in [0.1, 0.15) is 0 Å². The molecule has 27 heavy (non-hydrogen) atoms. The van der Waals surface area contributed by atoms with Crippen molar-refractivity contribution in [1.82, 2.24) is 0 Å². The number of rotatable bonds is 7. The number of ether oxygens (including phenoxy) is 1. The van der Waals surface area contributed by atoms with E-state index in [1.54, 1.807) is 7.11 Å². The summed E-state index contributed by atoms with van der Waals surface area (Å²) in [6.45, 7) is 7.28. The Morgan fingerprint density at radius 1 is 0.741 bits per heavy atom. The van der Waals surface area contributed by atoms with Gasteiger partial charge in [-0.05, 0) is 0 Å². The van der Waals surface area contributed by atoms with Crippen LogP contribution in [0.3, 0.4) is 0 Å². The minimum atomic E-state index is -2.36. The average Bonchev–Trinajstić information content (AvgIpc) is 2.71. The molecule has 3 aromatic rings. The third-order valence-electron chi connectivity index (χ3n) is 4.98. The van der Waals surface area contributed by atoms with Crippen LogP contribution in [0, 0.1) is 6.92 Å². The molecule has 3 rings (SSSR count). The fourth-order valence-electron chi connectivity index (χ4n) is 3.39. The van der Waals surface area contributed by atoms with E-state index >= 15 is 0 Å². The molecule has 0 saturated carbocycles. The molecular weight excluding hydrogens is 525 g/mol. The molecule has 0 N–H and O–H groups in total. The zero-order valence-electron chi connectivity index (χ0n) is 16.8. The van der Waals surface area contributed by atoms with Gasteiger partial charge in [0.05, 0.1) is 0 Å². The van der Waals surface area contributed by atoms with Crippen LogP contribution < -0.4 is 9.81 Å². The van der Waals surface area contributed by atoms with E-state index in [2.05, 4.69) is 87.5 Å². The van der Waals surface area contributed by atoms with E-state index in [0.717, 1.165) is 12.8 Å². The molecule has 0 spiro atoms. The van der Waals surface area contributed by atoms with Gasteiger partial charge >= 0.3 is 173 Å². The van der Waals surface area contributed by atoms with Crippen LogP contribution in [0.4, 0.5) is 0 Å². The predicted octanol–water partition coefficient (Wildman–Crippen LogP) is 3.78. The molecule has 0 fully saturated rings. The quantitative estimate of drug-likeness (QED) is 0.404. The van der Waals surface area contributed by atoms with E-state index in [9.17, 15) is 0 Å². The zero-order valence-corrected chi connectivity index (χ0v) is 20.3. The molecule has 0 amide bonds. The standard InChI is InChI=1S/C9H11O.2C8H9.Bi/c1-8-4-3-5-9(6-8)7-10-2;2*1-2-8-6-4-3-5-7-8;/h3-4,6H,7H2,1-2H3;2*4-7H,2H2,1H3;. The molecule has 0 heterocycles. The van der Waals surface area contributed by atoms with Gasteiger partial charge in [0.15, 0.2) is 0 Å². The molecule has 0 aliphatic rings. The molecule has 2 heteroatoms. The van der Waals surface area contributed by atoms with Crippen molar-refractivity contribution in [3.63, 3.8) is 0 Å². The first kappa shape index (κ1) is 20.2. The number of aryl methyl sites for hydroxylation is 3. The van der Waals surface area contributed by atoms with E-state index < -0.39 is 21.8 Å². The summed E-state index contributed by atoms with van der Waals surface area (Å²) in [4.78, 5) is 0. The number of benzene rings is 3. The van der Waals surface area contributed by atoms with Gasteiger partial charge in [-0.15, -0.1) is 0 Å². The van der Waals surface area contributed by atoms with Crippen molar-refractivity contribution >= 4 is 31.6 Å². The number of hydrogen-bond donors (Lipinski definition) is 0. The van der Waals surface area contributed by atoms with Crippen molar-refractivity contribution in [2.24, 2.45) is 0 Å². The first-order valence-corrected chi connectivity index (χ1v) is 14.9. The van der Waals surface area contributed by atoms with Crippen molar-refractivity contribution in [2.45, 2.75) is 40.2 Å². The molecule has 0 aliphatic heterocycles. The third-order valence-corrected chi connectivity index (χ3v) is 14.9. The SMILES string of the molecule is CCc1cc[c]([Bi]([c]2ccc(CC)cc2)[c]2ccc(C)cc2COC)cc1. The van der Waals surface area contributed by atoms with Crippen molar-refractivity contribution in [3.8, 4) is 0 Å². The summed E-state index contributed by atoms with van der Waals surface area (Å²) in [6.07, 6.45) is 2.18. The van der Waals surface area contributed by atoms with Crippen LogP contribution in [-0.2, 0) is 24.2 Å². The third kappa shape index (κ3) is 4.86. The Morgan fingerprint density at radius 2 is 1.26 bits per heavy atom. The maximum atomic E-state index is 5.55. The van der Waals surface area contributed by atoms with Gasteiger partial charge in [-0.1, -0.05) is 0 Å². The summed E-state index contributed by atoms with van der Waals surface area (Å²) in [5, 5.41) is 0. The van der Waals surface area contributed by atoms with E-state index in [-0.39, 0.29) is 0 Å². The zero-order chi connectivity index (χ0) is 19.2. The van der Waals surface area contributed by atoms with Crippen molar-refractivity contribution < 1.29 is 4.74 Å². The van der Waals surface area contributed by atoms with Crippen molar-refractivity contribution in [1.29, 1.82) is 0 Å². The molecule has 0 saturated heterocycles. The summed E-state index contributed by atoms with van der Waals surface area (Å²) in [5.41, 5.74) is 5.47. The van der Waals surface area contributed by atoms with Gasteiger partial charge in [-0.2, -0.15) is 0 Å². The Balaban J connectivity index is 2.14. The van der Waals surface area contributed by atoms with Gasteiger partial charge in [0.2, 0.25) is 0 Å². The fourth-order valence-corrected chi connectivity index (χ4v) is 12.7. The van der Waals surface area contributed by atoms with E-state index in [4.69, 9.17) is 4.74 Å². The van der Waals surface area contributed by atoms with Crippen LogP contribution in [0.15, 0.2) is 66.7 Å². The topological polar surface area (TPSA) is 9.23 Å². The van der Waals surface area contributed by atoms with Gasteiger partial charge in [-0.3, -0.25) is 0 Å². The monoisotopic (exact) mass is 554 g/mol. The van der Waals surface area contributed by atoms with Gasteiger partial charge in [0, 0.05) is 0 Å². The van der Waals surface area contributed by atoms with Crippen molar-refractivity contribution in [2.75, 3.05) is 7.11 Å². The molecule has 0 radical (unpaired) electrons. The second kappa shape index (κ2) is 9.62. The van der Waals surface area contributed by atoms with E-state index in [1.807, 2.05) is 0 Å². The summed E-state index contributed by atoms with van der Waals surface area (Å²) in [6, 6.07) is 25.7. The normalized spacial score (nSPS) is 11.1. The van der Waals surface area contributed by atoms with Crippen LogP contribution in [0.1, 0.15) is 36.1 Å². The number of methoxy groups -OCH3 is 1. The molecule has 0 atom stereocenters. The second-order valence-corrected chi connectivity index (χ2v) is 15.4. The first-order chi connectivity index (χ1) is 13.2. The maximum absolute atomic E-state index is 5.55. The number of hydrogen-bond acceptors (Lipinski definition) is 1. The molecule has 1 nitrogen and oxygen atoms in total. The summed E-state index contributed by atoms with van der Waals surface area (Å²) in [7, 11) is 1.79. The van der Waals surface area contributed by atoms with Crippen LogP contribution in [0.25, 0.3) is 0 Å². The summed E-state index contributed by atoms with van der Waals surface area (Å²) in [5.74, 6) is 0. The Hall–Kier alpha value is -1.50.